The number of nitrogens with zero attached hydrogens (tertiary/aromatic N) is 5. The highest BCUT2D eigenvalue weighted by Gasteiger charge is 2.27. The van der Waals surface area contributed by atoms with Crippen LogP contribution in [0.2, 0.25) is 0 Å². The third kappa shape index (κ3) is 3.95. The predicted molar refractivity (Wildman–Crippen MR) is 98.3 cm³/mol. The van der Waals surface area contributed by atoms with Gasteiger partial charge in [-0.3, -0.25) is 9.48 Å². The van der Waals surface area contributed by atoms with Crippen LogP contribution in [0.4, 0.5) is 0 Å². The van der Waals surface area contributed by atoms with Gasteiger partial charge in [0, 0.05) is 32.5 Å². The van der Waals surface area contributed by atoms with Gasteiger partial charge in [-0.1, -0.05) is 13.8 Å². The lowest BCUT2D eigenvalue weighted by Crippen LogP contribution is -2.36. The van der Waals surface area contributed by atoms with Crippen LogP contribution in [0.25, 0.3) is 0 Å². The molecule has 0 N–H and O–H groups in total. The molecule has 0 aliphatic carbocycles. The summed E-state index contributed by atoms with van der Waals surface area (Å²) in [5.74, 6) is 0.529. The second-order valence-electron chi connectivity index (χ2n) is 6.88. The minimum Gasteiger partial charge on any atom is -0.347 e. The third-order valence-corrected chi connectivity index (χ3v) is 5.27. The number of hydrogen-bond acceptors (Lipinski definition) is 3. The molecule has 1 amide bonds. The Bertz CT molecular complexity index is 700. The number of fused-ring (bicyclic) bond motifs is 1. The third-order valence-electron chi connectivity index (χ3n) is 5.27. The Labute approximate surface area is 150 Å². The number of aryl methyl sites for hydroxylation is 1. The zero-order valence-electron chi connectivity index (χ0n) is 15.6. The van der Waals surface area contributed by atoms with E-state index < -0.39 is 0 Å². The predicted octanol–water partition coefficient (Wildman–Crippen LogP) is 2.23. The van der Waals surface area contributed by atoms with Crippen molar-refractivity contribution in [1.82, 2.24) is 24.1 Å². The van der Waals surface area contributed by atoms with E-state index in [1.807, 2.05) is 47.1 Å². The van der Waals surface area contributed by atoms with Crippen LogP contribution in [-0.4, -0.2) is 56.2 Å². The summed E-state index contributed by atoms with van der Waals surface area (Å²) in [7, 11) is 1.92. The minimum atomic E-state index is 0.106. The fourth-order valence-corrected chi connectivity index (χ4v) is 3.62. The van der Waals surface area contributed by atoms with Gasteiger partial charge in [0.2, 0.25) is 0 Å². The summed E-state index contributed by atoms with van der Waals surface area (Å²) >= 11 is 0. The second kappa shape index (κ2) is 7.87. The van der Waals surface area contributed by atoms with Crippen LogP contribution in [-0.2, 0) is 20.1 Å². The molecule has 1 aliphatic rings. The molecule has 3 rings (SSSR count). The van der Waals surface area contributed by atoms with E-state index in [1.165, 1.54) is 0 Å². The second-order valence-corrected chi connectivity index (χ2v) is 6.88. The molecule has 3 heterocycles. The molecule has 0 bridgehead atoms. The highest BCUT2D eigenvalue weighted by Crippen LogP contribution is 2.20. The van der Waals surface area contributed by atoms with Crippen LogP contribution in [0, 0.1) is 5.92 Å². The Morgan fingerprint density at radius 2 is 2.08 bits per heavy atom. The lowest BCUT2D eigenvalue weighted by Gasteiger charge is -2.26. The Morgan fingerprint density at radius 3 is 2.76 bits per heavy atom. The van der Waals surface area contributed by atoms with Crippen LogP contribution < -0.4 is 0 Å². The number of amides is 1. The van der Waals surface area contributed by atoms with Gasteiger partial charge in [0.1, 0.15) is 5.69 Å². The number of rotatable bonds is 6. The first kappa shape index (κ1) is 17.7. The number of aromatic nitrogens is 3. The largest absolute Gasteiger partial charge is 0.347 e. The Balaban J connectivity index is 1.77. The fraction of sp³-hybridized carbons (Fsp3) is 0.579. The molecule has 0 fully saturated rings. The summed E-state index contributed by atoms with van der Waals surface area (Å²) in [5, 5.41) is 4.47. The fourth-order valence-electron chi connectivity index (χ4n) is 3.62. The molecule has 25 heavy (non-hydrogen) atoms. The molecule has 0 unspecified atom stereocenters. The van der Waals surface area contributed by atoms with Crippen LogP contribution in [0.5, 0.6) is 0 Å². The molecule has 0 saturated heterocycles. The maximum absolute atomic E-state index is 13.0. The summed E-state index contributed by atoms with van der Waals surface area (Å²) in [6.45, 7) is 9.92. The van der Waals surface area contributed by atoms with Gasteiger partial charge in [-0.25, -0.2) is 0 Å². The molecule has 6 heteroatoms. The molecule has 2 aromatic heterocycles. The van der Waals surface area contributed by atoms with E-state index in [1.54, 1.807) is 0 Å². The topological polar surface area (TPSA) is 46.3 Å². The van der Waals surface area contributed by atoms with Crippen LogP contribution in [0.15, 0.2) is 30.6 Å². The number of carbonyl (C=O) groups excluding carboxylic acids is 1. The van der Waals surface area contributed by atoms with E-state index in [-0.39, 0.29) is 5.91 Å². The van der Waals surface area contributed by atoms with Crippen molar-refractivity contribution >= 4 is 5.91 Å². The Kier molecular flexibility index (Phi) is 5.58. The van der Waals surface area contributed by atoms with Crippen molar-refractivity contribution in [2.75, 3.05) is 26.2 Å². The highest BCUT2D eigenvalue weighted by molar-refractivity contribution is 5.92. The van der Waals surface area contributed by atoms with E-state index in [4.69, 9.17) is 0 Å². The summed E-state index contributed by atoms with van der Waals surface area (Å²) < 4.78 is 3.97. The average molecular weight is 343 g/mol. The van der Waals surface area contributed by atoms with Crippen molar-refractivity contribution in [3.05, 3.63) is 42.0 Å². The maximum atomic E-state index is 13.0. The first-order valence-corrected chi connectivity index (χ1v) is 9.26. The molecule has 0 radical (unpaired) electrons. The van der Waals surface area contributed by atoms with Crippen molar-refractivity contribution < 1.29 is 4.79 Å². The Hall–Kier alpha value is -2.08. The normalized spacial score (nSPS) is 17.6. The molecule has 136 valence electrons. The van der Waals surface area contributed by atoms with Gasteiger partial charge < -0.3 is 14.4 Å². The highest BCUT2D eigenvalue weighted by atomic mass is 16.2. The van der Waals surface area contributed by atoms with Crippen molar-refractivity contribution in [2.24, 2.45) is 13.0 Å². The molecule has 2 aromatic rings. The van der Waals surface area contributed by atoms with Gasteiger partial charge in [-0.2, -0.15) is 5.10 Å². The summed E-state index contributed by atoms with van der Waals surface area (Å²) in [6, 6.07) is 5.85. The summed E-state index contributed by atoms with van der Waals surface area (Å²) in [4.78, 5) is 17.5. The van der Waals surface area contributed by atoms with Gasteiger partial charge in [-0.05, 0) is 50.2 Å². The molecule has 0 spiro atoms. The van der Waals surface area contributed by atoms with Gasteiger partial charge >= 0.3 is 0 Å². The van der Waals surface area contributed by atoms with Gasteiger partial charge in [-0.15, -0.1) is 0 Å². The van der Waals surface area contributed by atoms with Crippen LogP contribution in [0.3, 0.4) is 0 Å². The smallest absolute Gasteiger partial charge is 0.270 e. The van der Waals surface area contributed by atoms with E-state index in [9.17, 15) is 4.79 Å². The number of carbonyl (C=O) groups is 1. The van der Waals surface area contributed by atoms with Crippen molar-refractivity contribution in [2.45, 2.75) is 33.4 Å². The van der Waals surface area contributed by atoms with E-state index in [2.05, 4.69) is 28.5 Å². The molecule has 0 saturated carbocycles. The summed E-state index contributed by atoms with van der Waals surface area (Å²) in [6.07, 6.45) is 4.85. The standard InChI is InChI=1S/C19H29N5O/c1-4-22(5-2)12-9-16-13-23(15-17-8-10-20-24(17)14-16)19(25)18-7-6-11-21(18)3/h6-8,10-11,16H,4-5,9,12-15H2,1-3H3/t16-/m1/s1. The van der Waals surface area contributed by atoms with Gasteiger partial charge in [0.15, 0.2) is 0 Å². The van der Waals surface area contributed by atoms with Crippen molar-refractivity contribution in [1.29, 1.82) is 0 Å². The number of hydrogen-bond donors (Lipinski definition) is 0. The lowest BCUT2D eigenvalue weighted by molar-refractivity contribution is 0.0705. The van der Waals surface area contributed by atoms with Gasteiger partial charge in [0.05, 0.1) is 12.2 Å². The van der Waals surface area contributed by atoms with Crippen LogP contribution in [0.1, 0.15) is 36.5 Å². The molecule has 0 aromatic carbocycles. The SMILES string of the molecule is CCN(CC)CC[C@@H]1CN(C(=O)c2cccn2C)Cc2ccnn2C1. The molecule has 1 aliphatic heterocycles. The molecule has 6 nitrogen and oxygen atoms in total. The van der Waals surface area contributed by atoms with E-state index in [0.29, 0.717) is 12.5 Å². The summed E-state index contributed by atoms with van der Waals surface area (Å²) in [5.41, 5.74) is 1.86. The first-order valence-electron chi connectivity index (χ1n) is 9.26. The van der Waals surface area contributed by atoms with Crippen molar-refractivity contribution in [3.63, 3.8) is 0 Å². The average Bonchev–Trinajstić information content (AvgIpc) is 3.19. The maximum Gasteiger partial charge on any atom is 0.270 e. The van der Waals surface area contributed by atoms with Crippen LogP contribution >= 0.6 is 0 Å². The van der Waals surface area contributed by atoms with E-state index in [0.717, 1.165) is 50.5 Å². The zero-order valence-corrected chi connectivity index (χ0v) is 15.6. The molecular formula is C19H29N5O. The molecular weight excluding hydrogens is 314 g/mol. The zero-order chi connectivity index (χ0) is 17.8. The molecule has 1 atom stereocenters. The van der Waals surface area contributed by atoms with E-state index >= 15 is 0 Å². The quantitative estimate of drug-likeness (QED) is 0.808. The van der Waals surface area contributed by atoms with Gasteiger partial charge in [0.25, 0.3) is 5.91 Å². The lowest BCUT2D eigenvalue weighted by atomic mass is 10.0. The van der Waals surface area contributed by atoms with Crippen molar-refractivity contribution in [3.8, 4) is 0 Å². The monoisotopic (exact) mass is 343 g/mol. The Morgan fingerprint density at radius 1 is 1.28 bits per heavy atom. The first-order chi connectivity index (χ1) is 12.1. The minimum absolute atomic E-state index is 0.106.